The van der Waals surface area contributed by atoms with Crippen molar-refractivity contribution >= 4 is 33.2 Å². The highest BCUT2D eigenvalue weighted by Gasteiger charge is 2.31. The van der Waals surface area contributed by atoms with Crippen molar-refractivity contribution in [2.45, 2.75) is 18.9 Å². The number of halogens is 1. The number of amides is 1. The van der Waals surface area contributed by atoms with Gasteiger partial charge >= 0.3 is 0 Å². The fourth-order valence-corrected chi connectivity index (χ4v) is 2.68. The minimum atomic E-state index is -0.203. The van der Waals surface area contributed by atoms with Gasteiger partial charge in [-0.15, -0.1) is 11.3 Å². The molecule has 0 saturated carbocycles. The number of hydrogen-bond donors (Lipinski definition) is 1. The molecule has 0 aliphatic carbocycles. The quantitative estimate of drug-likeness (QED) is 0.908. The molecule has 15 heavy (non-hydrogen) atoms. The molecule has 82 valence electrons. The standard InChI is InChI=1S/C10H12BrNO2S/c1-10(2-3-14-6-10)12-9(13)7-4-8(11)15-5-7/h4-5H,2-3,6H2,1H3,(H,12,13). The van der Waals surface area contributed by atoms with Gasteiger partial charge in [0.1, 0.15) is 0 Å². The predicted molar refractivity (Wildman–Crippen MR) is 63.3 cm³/mol. The smallest absolute Gasteiger partial charge is 0.252 e. The normalized spacial score (nSPS) is 25.5. The van der Waals surface area contributed by atoms with E-state index in [4.69, 9.17) is 4.74 Å². The molecule has 1 saturated heterocycles. The van der Waals surface area contributed by atoms with Gasteiger partial charge in [-0.1, -0.05) is 0 Å². The lowest BCUT2D eigenvalue weighted by Crippen LogP contribution is -2.46. The van der Waals surface area contributed by atoms with Gasteiger partial charge in [-0.3, -0.25) is 4.79 Å². The summed E-state index contributed by atoms with van der Waals surface area (Å²) in [6, 6.07) is 1.83. The van der Waals surface area contributed by atoms with Crippen LogP contribution in [0.5, 0.6) is 0 Å². The molecule has 0 radical (unpaired) electrons. The summed E-state index contributed by atoms with van der Waals surface area (Å²) in [6.07, 6.45) is 0.879. The minimum absolute atomic E-state index is 0.0232. The van der Waals surface area contributed by atoms with E-state index in [0.717, 1.165) is 16.8 Å². The second-order valence-electron chi connectivity index (χ2n) is 3.96. The molecule has 1 amide bonds. The topological polar surface area (TPSA) is 38.3 Å². The van der Waals surface area contributed by atoms with E-state index in [9.17, 15) is 4.79 Å². The maximum atomic E-state index is 11.8. The van der Waals surface area contributed by atoms with Gasteiger partial charge in [0.05, 0.1) is 21.5 Å². The average Bonchev–Trinajstić information content (AvgIpc) is 2.75. The SMILES string of the molecule is CC1(NC(=O)c2csc(Br)c2)CCOC1. The van der Waals surface area contributed by atoms with Crippen LogP contribution in [0.3, 0.4) is 0 Å². The molecule has 1 aromatic rings. The molecule has 3 nitrogen and oxygen atoms in total. The van der Waals surface area contributed by atoms with Crippen LogP contribution in [0, 0.1) is 0 Å². The van der Waals surface area contributed by atoms with Gasteiger partial charge in [-0.05, 0) is 35.3 Å². The predicted octanol–water partition coefficient (Wildman–Crippen LogP) is 2.42. The molecule has 1 aliphatic heterocycles. The van der Waals surface area contributed by atoms with E-state index in [1.165, 1.54) is 11.3 Å². The Bertz CT molecular complexity index is 371. The fourth-order valence-electron chi connectivity index (χ4n) is 1.54. The van der Waals surface area contributed by atoms with E-state index in [0.29, 0.717) is 12.2 Å². The number of hydrogen-bond acceptors (Lipinski definition) is 3. The second-order valence-corrected chi connectivity index (χ2v) is 6.25. The van der Waals surface area contributed by atoms with Crippen molar-refractivity contribution in [1.82, 2.24) is 5.32 Å². The summed E-state index contributed by atoms with van der Waals surface area (Å²) < 4.78 is 6.25. The number of carbonyl (C=O) groups is 1. The maximum absolute atomic E-state index is 11.8. The van der Waals surface area contributed by atoms with Crippen LogP contribution in [-0.2, 0) is 4.74 Å². The molecule has 2 rings (SSSR count). The van der Waals surface area contributed by atoms with Crippen LogP contribution in [0.2, 0.25) is 0 Å². The first-order valence-corrected chi connectivity index (χ1v) is 6.41. The van der Waals surface area contributed by atoms with Gasteiger partial charge in [0.25, 0.3) is 5.91 Å². The van der Waals surface area contributed by atoms with Crippen LogP contribution in [0.1, 0.15) is 23.7 Å². The molecule has 1 atom stereocenters. The monoisotopic (exact) mass is 289 g/mol. The van der Waals surface area contributed by atoms with Gasteiger partial charge in [0.15, 0.2) is 0 Å². The Morgan fingerprint density at radius 2 is 2.53 bits per heavy atom. The van der Waals surface area contributed by atoms with E-state index in [-0.39, 0.29) is 11.4 Å². The Hall–Kier alpha value is -0.390. The largest absolute Gasteiger partial charge is 0.379 e. The van der Waals surface area contributed by atoms with Gasteiger partial charge in [-0.25, -0.2) is 0 Å². The Morgan fingerprint density at radius 1 is 1.73 bits per heavy atom. The Labute approximate surface area is 101 Å². The number of thiophene rings is 1. The number of carbonyl (C=O) groups excluding carboxylic acids is 1. The van der Waals surface area contributed by atoms with E-state index >= 15 is 0 Å². The molecule has 0 aromatic carbocycles. The van der Waals surface area contributed by atoms with Crippen LogP contribution in [-0.4, -0.2) is 24.7 Å². The molecule has 0 spiro atoms. The summed E-state index contributed by atoms with van der Waals surface area (Å²) in [5.74, 6) is -0.0232. The van der Waals surface area contributed by atoms with Crippen molar-refractivity contribution in [2.24, 2.45) is 0 Å². The number of rotatable bonds is 2. The molecule has 0 bridgehead atoms. The van der Waals surface area contributed by atoms with Gasteiger partial charge in [-0.2, -0.15) is 0 Å². The fraction of sp³-hybridized carbons (Fsp3) is 0.500. The van der Waals surface area contributed by atoms with Crippen LogP contribution in [0.4, 0.5) is 0 Å². The lowest BCUT2D eigenvalue weighted by molar-refractivity contribution is 0.0890. The van der Waals surface area contributed by atoms with E-state index < -0.39 is 0 Å². The Kier molecular flexibility index (Phi) is 3.13. The third kappa shape index (κ3) is 2.59. The number of ether oxygens (including phenoxy) is 1. The first-order valence-electron chi connectivity index (χ1n) is 4.73. The molecule has 1 N–H and O–H groups in total. The van der Waals surface area contributed by atoms with Crippen LogP contribution in [0.25, 0.3) is 0 Å². The highest BCUT2D eigenvalue weighted by Crippen LogP contribution is 2.22. The van der Waals surface area contributed by atoms with Crippen molar-refractivity contribution in [3.63, 3.8) is 0 Å². The molecular formula is C10H12BrNO2S. The third-order valence-corrected chi connectivity index (χ3v) is 3.97. The summed E-state index contributed by atoms with van der Waals surface area (Å²) in [7, 11) is 0. The Morgan fingerprint density at radius 3 is 3.07 bits per heavy atom. The molecule has 1 unspecified atom stereocenters. The second kappa shape index (κ2) is 4.23. The first-order chi connectivity index (χ1) is 7.09. The molecule has 2 heterocycles. The third-order valence-electron chi connectivity index (χ3n) is 2.46. The highest BCUT2D eigenvalue weighted by molar-refractivity contribution is 9.11. The van der Waals surface area contributed by atoms with Gasteiger partial charge in [0.2, 0.25) is 0 Å². The van der Waals surface area contributed by atoms with Crippen molar-refractivity contribution in [3.8, 4) is 0 Å². The summed E-state index contributed by atoms with van der Waals surface area (Å²) in [6.45, 7) is 3.34. The summed E-state index contributed by atoms with van der Waals surface area (Å²) in [5.41, 5.74) is 0.505. The zero-order chi connectivity index (χ0) is 10.9. The Balaban J connectivity index is 2.03. The highest BCUT2D eigenvalue weighted by atomic mass is 79.9. The summed E-state index contributed by atoms with van der Waals surface area (Å²) in [4.78, 5) is 11.8. The summed E-state index contributed by atoms with van der Waals surface area (Å²) in [5, 5.41) is 4.85. The van der Waals surface area contributed by atoms with Crippen LogP contribution < -0.4 is 5.32 Å². The van der Waals surface area contributed by atoms with E-state index in [1.807, 2.05) is 18.4 Å². The lowest BCUT2D eigenvalue weighted by atomic mass is 10.0. The van der Waals surface area contributed by atoms with Crippen molar-refractivity contribution in [2.75, 3.05) is 13.2 Å². The molecular weight excluding hydrogens is 278 g/mol. The zero-order valence-corrected chi connectivity index (χ0v) is 10.8. The van der Waals surface area contributed by atoms with Crippen molar-refractivity contribution in [1.29, 1.82) is 0 Å². The molecule has 1 aliphatic rings. The van der Waals surface area contributed by atoms with Crippen LogP contribution in [0.15, 0.2) is 15.2 Å². The average molecular weight is 290 g/mol. The first kappa shape index (κ1) is 11.1. The lowest BCUT2D eigenvalue weighted by Gasteiger charge is -2.23. The van der Waals surface area contributed by atoms with Gasteiger partial charge < -0.3 is 10.1 Å². The van der Waals surface area contributed by atoms with E-state index in [2.05, 4.69) is 21.2 Å². The maximum Gasteiger partial charge on any atom is 0.252 e. The van der Waals surface area contributed by atoms with Crippen LogP contribution >= 0.6 is 27.3 Å². The molecule has 5 heteroatoms. The van der Waals surface area contributed by atoms with E-state index in [1.54, 1.807) is 0 Å². The minimum Gasteiger partial charge on any atom is -0.379 e. The summed E-state index contributed by atoms with van der Waals surface area (Å²) >= 11 is 4.85. The van der Waals surface area contributed by atoms with Crippen molar-refractivity contribution < 1.29 is 9.53 Å². The molecule has 1 fully saturated rings. The zero-order valence-electron chi connectivity index (χ0n) is 8.38. The van der Waals surface area contributed by atoms with Gasteiger partial charge in [0, 0.05) is 12.0 Å². The number of nitrogens with one attached hydrogen (secondary N) is 1. The van der Waals surface area contributed by atoms with Crippen molar-refractivity contribution in [3.05, 3.63) is 20.8 Å². The molecule has 1 aromatic heterocycles.